The van der Waals surface area contributed by atoms with Gasteiger partial charge in [0.15, 0.2) is 0 Å². The molecule has 0 heterocycles. The second kappa shape index (κ2) is 11.4. The van der Waals surface area contributed by atoms with Crippen LogP contribution in [0.1, 0.15) is 73.6 Å². The summed E-state index contributed by atoms with van der Waals surface area (Å²) in [5.41, 5.74) is 0.306. The molecular formula is C18H39NO2. The molecular weight excluding hydrogens is 262 g/mol. The fourth-order valence-corrected chi connectivity index (χ4v) is 2.59. The van der Waals surface area contributed by atoms with E-state index in [1.54, 1.807) is 0 Å². The minimum absolute atomic E-state index is 0.227. The number of aliphatic hydroxyl groups is 1. The monoisotopic (exact) mass is 301 g/mol. The number of nitrogens with one attached hydrogen (secondary N) is 1. The van der Waals surface area contributed by atoms with Gasteiger partial charge in [0, 0.05) is 13.1 Å². The fraction of sp³-hybridized carbons (Fsp3) is 1.00. The molecule has 0 fully saturated rings. The second-order valence-electron chi connectivity index (χ2n) is 7.68. The van der Waals surface area contributed by atoms with Gasteiger partial charge in [-0.25, -0.2) is 0 Å². The summed E-state index contributed by atoms with van der Waals surface area (Å²) in [5, 5.41) is 13.3. The molecule has 0 bridgehead atoms. The molecule has 21 heavy (non-hydrogen) atoms. The lowest BCUT2D eigenvalue weighted by molar-refractivity contribution is -0.00909. The molecule has 0 aliphatic rings. The van der Waals surface area contributed by atoms with Crippen LogP contribution in [0.4, 0.5) is 0 Å². The number of ether oxygens (including phenoxy) is 1. The van der Waals surface area contributed by atoms with Crippen LogP contribution in [0.5, 0.6) is 0 Å². The van der Waals surface area contributed by atoms with E-state index in [-0.39, 0.29) is 6.10 Å². The van der Waals surface area contributed by atoms with Gasteiger partial charge in [0.25, 0.3) is 0 Å². The lowest BCUT2D eigenvalue weighted by Crippen LogP contribution is -2.37. The summed E-state index contributed by atoms with van der Waals surface area (Å²) >= 11 is 0. The SMILES string of the molecule is CCCCCC(C)(C)CNCC(O)COC(C)CC(C)C. The Morgan fingerprint density at radius 3 is 2.38 bits per heavy atom. The normalized spacial score (nSPS) is 15.4. The first-order valence-electron chi connectivity index (χ1n) is 8.77. The first kappa shape index (κ1) is 20.9. The van der Waals surface area contributed by atoms with Crippen molar-refractivity contribution in [1.82, 2.24) is 5.32 Å². The average Bonchev–Trinajstić information content (AvgIpc) is 2.35. The number of hydrogen-bond acceptors (Lipinski definition) is 3. The standard InChI is InChI=1S/C18H39NO2/c1-7-8-9-10-18(5,6)14-19-12-17(20)13-21-16(4)11-15(2)3/h15-17,19-20H,7-14H2,1-6H3. The van der Waals surface area contributed by atoms with Crippen molar-refractivity contribution in [3.05, 3.63) is 0 Å². The Hall–Kier alpha value is -0.120. The van der Waals surface area contributed by atoms with Crippen LogP contribution in [0.3, 0.4) is 0 Å². The maximum absolute atomic E-state index is 9.96. The molecule has 0 aliphatic carbocycles. The Bertz CT molecular complexity index is 241. The molecule has 2 N–H and O–H groups in total. The third kappa shape index (κ3) is 13.3. The highest BCUT2D eigenvalue weighted by molar-refractivity contribution is 4.73. The van der Waals surface area contributed by atoms with Crippen LogP contribution in [-0.4, -0.2) is 37.0 Å². The van der Waals surface area contributed by atoms with Crippen molar-refractivity contribution in [2.45, 2.75) is 85.9 Å². The van der Waals surface area contributed by atoms with E-state index in [1.165, 1.54) is 25.7 Å². The quantitative estimate of drug-likeness (QED) is 0.505. The van der Waals surface area contributed by atoms with E-state index in [0.717, 1.165) is 13.0 Å². The summed E-state index contributed by atoms with van der Waals surface area (Å²) in [6, 6.07) is 0. The minimum atomic E-state index is -0.411. The summed E-state index contributed by atoms with van der Waals surface area (Å²) in [7, 11) is 0. The summed E-state index contributed by atoms with van der Waals surface area (Å²) < 4.78 is 5.69. The predicted octanol–water partition coefficient (Wildman–Crippen LogP) is 3.99. The first-order chi connectivity index (χ1) is 9.76. The van der Waals surface area contributed by atoms with Gasteiger partial charge in [-0.15, -0.1) is 0 Å². The van der Waals surface area contributed by atoms with E-state index in [9.17, 15) is 5.11 Å². The molecule has 0 saturated heterocycles. The lowest BCUT2D eigenvalue weighted by atomic mass is 9.87. The van der Waals surface area contributed by atoms with Crippen LogP contribution in [0, 0.1) is 11.3 Å². The Morgan fingerprint density at radius 1 is 1.14 bits per heavy atom. The zero-order valence-corrected chi connectivity index (χ0v) is 15.2. The van der Waals surface area contributed by atoms with Crippen molar-refractivity contribution in [2.24, 2.45) is 11.3 Å². The van der Waals surface area contributed by atoms with E-state index < -0.39 is 6.10 Å². The Labute approximate surface area is 132 Å². The molecule has 0 aromatic rings. The van der Waals surface area contributed by atoms with Crippen molar-refractivity contribution >= 4 is 0 Å². The Kier molecular flexibility index (Phi) is 11.4. The van der Waals surface area contributed by atoms with Crippen molar-refractivity contribution < 1.29 is 9.84 Å². The molecule has 0 saturated carbocycles. The topological polar surface area (TPSA) is 41.5 Å². The van der Waals surface area contributed by atoms with Gasteiger partial charge in [-0.1, -0.05) is 53.9 Å². The van der Waals surface area contributed by atoms with Crippen LogP contribution in [-0.2, 0) is 4.74 Å². The van der Waals surface area contributed by atoms with E-state index >= 15 is 0 Å². The van der Waals surface area contributed by atoms with Crippen molar-refractivity contribution in [3.8, 4) is 0 Å². The molecule has 0 amide bonds. The molecule has 3 heteroatoms. The minimum Gasteiger partial charge on any atom is -0.389 e. The van der Waals surface area contributed by atoms with Crippen molar-refractivity contribution in [1.29, 1.82) is 0 Å². The van der Waals surface area contributed by atoms with Gasteiger partial charge in [-0.2, -0.15) is 0 Å². The molecule has 128 valence electrons. The fourth-order valence-electron chi connectivity index (χ4n) is 2.59. The van der Waals surface area contributed by atoms with Gasteiger partial charge in [0.1, 0.15) is 0 Å². The Morgan fingerprint density at radius 2 is 1.81 bits per heavy atom. The molecule has 0 aromatic carbocycles. The van der Waals surface area contributed by atoms with Gasteiger partial charge in [0.05, 0.1) is 18.8 Å². The second-order valence-corrected chi connectivity index (χ2v) is 7.68. The van der Waals surface area contributed by atoms with Gasteiger partial charge in [-0.3, -0.25) is 0 Å². The van der Waals surface area contributed by atoms with Crippen LogP contribution in [0.25, 0.3) is 0 Å². The maximum atomic E-state index is 9.96. The van der Waals surface area contributed by atoms with Gasteiger partial charge in [0.2, 0.25) is 0 Å². The number of aliphatic hydroxyl groups excluding tert-OH is 1. The average molecular weight is 302 g/mol. The smallest absolute Gasteiger partial charge is 0.0897 e. The summed E-state index contributed by atoms with van der Waals surface area (Å²) in [4.78, 5) is 0. The van der Waals surface area contributed by atoms with E-state index in [4.69, 9.17) is 4.74 Å². The van der Waals surface area contributed by atoms with Crippen molar-refractivity contribution in [3.63, 3.8) is 0 Å². The summed E-state index contributed by atoms with van der Waals surface area (Å²) in [6.07, 6.45) is 5.98. The molecule has 0 aromatic heterocycles. The predicted molar refractivity (Wildman–Crippen MR) is 91.7 cm³/mol. The molecule has 0 spiro atoms. The van der Waals surface area contributed by atoms with E-state index in [1.807, 2.05) is 0 Å². The third-order valence-corrected chi connectivity index (χ3v) is 3.82. The molecule has 0 radical (unpaired) electrons. The number of unbranched alkanes of at least 4 members (excludes halogenated alkanes) is 2. The van der Waals surface area contributed by atoms with E-state index in [0.29, 0.717) is 24.5 Å². The number of hydrogen-bond donors (Lipinski definition) is 2. The van der Waals surface area contributed by atoms with Crippen LogP contribution < -0.4 is 5.32 Å². The molecule has 2 atom stereocenters. The molecule has 2 unspecified atom stereocenters. The molecule has 0 aliphatic heterocycles. The highest BCUT2D eigenvalue weighted by Crippen LogP contribution is 2.22. The van der Waals surface area contributed by atoms with E-state index in [2.05, 4.69) is 46.9 Å². The lowest BCUT2D eigenvalue weighted by Gasteiger charge is -2.26. The van der Waals surface area contributed by atoms with Gasteiger partial charge < -0.3 is 15.2 Å². The zero-order chi connectivity index (χ0) is 16.3. The Balaban J connectivity index is 3.70. The molecule has 3 nitrogen and oxygen atoms in total. The third-order valence-electron chi connectivity index (χ3n) is 3.82. The highest BCUT2D eigenvalue weighted by Gasteiger charge is 2.17. The first-order valence-corrected chi connectivity index (χ1v) is 8.77. The maximum Gasteiger partial charge on any atom is 0.0897 e. The van der Waals surface area contributed by atoms with Crippen molar-refractivity contribution in [2.75, 3.05) is 19.7 Å². The van der Waals surface area contributed by atoms with Crippen LogP contribution in [0.15, 0.2) is 0 Å². The van der Waals surface area contributed by atoms with Gasteiger partial charge in [-0.05, 0) is 31.1 Å². The van der Waals surface area contributed by atoms with Crippen LogP contribution >= 0.6 is 0 Å². The van der Waals surface area contributed by atoms with Crippen LogP contribution in [0.2, 0.25) is 0 Å². The molecule has 0 rings (SSSR count). The highest BCUT2D eigenvalue weighted by atomic mass is 16.5. The largest absolute Gasteiger partial charge is 0.389 e. The zero-order valence-electron chi connectivity index (χ0n) is 15.2. The number of rotatable bonds is 13. The summed E-state index contributed by atoms with van der Waals surface area (Å²) in [5.74, 6) is 0.638. The summed E-state index contributed by atoms with van der Waals surface area (Å²) in [6.45, 7) is 15.3. The van der Waals surface area contributed by atoms with Gasteiger partial charge >= 0.3 is 0 Å².